The Morgan fingerprint density at radius 2 is 2.38 bits per heavy atom. The van der Waals surface area contributed by atoms with E-state index >= 15 is 0 Å². The summed E-state index contributed by atoms with van der Waals surface area (Å²) in [7, 11) is 0. The second-order valence-corrected chi connectivity index (χ2v) is 2.94. The Labute approximate surface area is 76.4 Å². The Morgan fingerprint density at radius 3 is 3.15 bits per heavy atom. The van der Waals surface area contributed by atoms with Gasteiger partial charge in [-0.15, -0.1) is 0 Å². The third-order valence-corrected chi connectivity index (χ3v) is 2.10. The highest BCUT2D eigenvalue weighted by atomic mass is 15.2. The Morgan fingerprint density at radius 1 is 1.54 bits per heavy atom. The largest absolute Gasteiger partial charge is 0.309 e. The number of aromatic nitrogens is 2. The second-order valence-electron chi connectivity index (χ2n) is 2.94. The van der Waals surface area contributed by atoms with Gasteiger partial charge in [-0.05, 0) is 12.1 Å². The van der Waals surface area contributed by atoms with Crippen molar-refractivity contribution in [3.05, 3.63) is 47.6 Å². The molecule has 64 valence electrons. The first-order chi connectivity index (χ1) is 6.33. The van der Waals surface area contributed by atoms with E-state index in [1.807, 2.05) is 31.3 Å². The van der Waals surface area contributed by atoms with Crippen molar-refractivity contribution in [2.75, 3.05) is 0 Å². The number of hydrogen-bond donors (Lipinski definition) is 0. The highest BCUT2D eigenvalue weighted by molar-refractivity contribution is 5.55. The summed E-state index contributed by atoms with van der Waals surface area (Å²) >= 11 is 0. The van der Waals surface area contributed by atoms with E-state index in [1.165, 1.54) is 0 Å². The van der Waals surface area contributed by atoms with Crippen LogP contribution in [0, 0.1) is 6.57 Å². The third-order valence-electron chi connectivity index (χ3n) is 2.10. The topological polar surface area (TPSA) is 21.7 Å². The molecule has 13 heavy (non-hydrogen) atoms. The average molecular weight is 171 g/mol. The molecule has 2 rings (SSSR count). The van der Waals surface area contributed by atoms with Gasteiger partial charge < -0.3 is 4.85 Å². The van der Waals surface area contributed by atoms with Crippen LogP contribution in [0.5, 0.6) is 0 Å². The minimum atomic E-state index is -0.111. The van der Waals surface area contributed by atoms with Crippen molar-refractivity contribution >= 4 is 5.52 Å². The molecular weight excluding hydrogens is 162 g/mol. The molecule has 0 aromatic carbocycles. The minimum absolute atomic E-state index is 0.111. The Bertz CT molecular complexity index is 464. The van der Waals surface area contributed by atoms with Crippen LogP contribution in [0.25, 0.3) is 10.4 Å². The molecule has 0 bridgehead atoms. The van der Waals surface area contributed by atoms with Crippen LogP contribution in [-0.2, 0) is 0 Å². The molecular formula is C10H9N3. The highest BCUT2D eigenvalue weighted by Crippen LogP contribution is 2.20. The van der Waals surface area contributed by atoms with Crippen LogP contribution in [0.3, 0.4) is 0 Å². The van der Waals surface area contributed by atoms with E-state index in [2.05, 4.69) is 9.94 Å². The molecule has 0 aliphatic carbocycles. The van der Waals surface area contributed by atoms with Gasteiger partial charge in [-0.3, -0.25) is 0 Å². The summed E-state index contributed by atoms with van der Waals surface area (Å²) in [5.41, 5.74) is 2.02. The standard InChI is InChI=1S/C10H9N3/c1-8(11-2)9-7-12-13-6-4-3-5-10(9)13/h3-8H,1H3. The van der Waals surface area contributed by atoms with Gasteiger partial charge in [0.25, 0.3) is 0 Å². The predicted octanol–water partition coefficient (Wildman–Crippen LogP) is 2.31. The van der Waals surface area contributed by atoms with Gasteiger partial charge in [-0.1, -0.05) is 6.07 Å². The smallest absolute Gasteiger partial charge is 0.249 e. The number of rotatable bonds is 1. The van der Waals surface area contributed by atoms with Gasteiger partial charge in [0.15, 0.2) is 0 Å². The van der Waals surface area contributed by atoms with Crippen molar-refractivity contribution in [3.8, 4) is 0 Å². The maximum absolute atomic E-state index is 6.95. The molecule has 0 saturated heterocycles. The molecule has 1 atom stereocenters. The first-order valence-electron chi connectivity index (χ1n) is 4.12. The summed E-state index contributed by atoms with van der Waals surface area (Å²) in [6.45, 7) is 8.83. The fourth-order valence-electron chi connectivity index (χ4n) is 1.35. The summed E-state index contributed by atoms with van der Waals surface area (Å²) in [6.07, 6.45) is 3.65. The molecule has 0 fully saturated rings. The van der Waals surface area contributed by atoms with Crippen LogP contribution >= 0.6 is 0 Å². The quantitative estimate of drug-likeness (QED) is 0.603. The van der Waals surface area contributed by atoms with E-state index in [-0.39, 0.29) is 6.04 Å². The van der Waals surface area contributed by atoms with Crippen molar-refractivity contribution in [1.29, 1.82) is 0 Å². The summed E-state index contributed by atoms with van der Waals surface area (Å²) in [5, 5.41) is 4.16. The average Bonchev–Trinajstić information content (AvgIpc) is 2.60. The van der Waals surface area contributed by atoms with Crippen LogP contribution in [0.4, 0.5) is 0 Å². The van der Waals surface area contributed by atoms with Gasteiger partial charge in [0.2, 0.25) is 6.04 Å². The molecule has 1 unspecified atom stereocenters. The molecule has 0 aliphatic rings. The monoisotopic (exact) mass is 171 g/mol. The number of pyridine rings is 1. The van der Waals surface area contributed by atoms with Crippen LogP contribution in [-0.4, -0.2) is 9.61 Å². The van der Waals surface area contributed by atoms with Gasteiger partial charge in [0.1, 0.15) is 0 Å². The van der Waals surface area contributed by atoms with Gasteiger partial charge in [0, 0.05) is 13.1 Å². The number of fused-ring (bicyclic) bond motifs is 1. The van der Waals surface area contributed by atoms with E-state index < -0.39 is 0 Å². The zero-order chi connectivity index (χ0) is 9.26. The summed E-state index contributed by atoms with van der Waals surface area (Å²) in [4.78, 5) is 3.48. The van der Waals surface area contributed by atoms with Crippen LogP contribution < -0.4 is 0 Å². The molecule has 2 aromatic rings. The first-order valence-corrected chi connectivity index (χ1v) is 4.12. The lowest BCUT2D eigenvalue weighted by Gasteiger charge is -1.95. The SMILES string of the molecule is [C-]#[N+]C(C)c1cnn2ccccc12. The third kappa shape index (κ3) is 1.17. The van der Waals surface area contributed by atoms with E-state index in [4.69, 9.17) is 6.57 Å². The fourth-order valence-corrected chi connectivity index (χ4v) is 1.35. The number of nitrogens with zero attached hydrogens (tertiary/aromatic N) is 3. The Balaban J connectivity index is 2.66. The van der Waals surface area contributed by atoms with Gasteiger partial charge in [-0.2, -0.15) is 5.10 Å². The molecule has 0 aliphatic heterocycles. The van der Waals surface area contributed by atoms with E-state index in [1.54, 1.807) is 10.7 Å². The second kappa shape index (κ2) is 2.91. The van der Waals surface area contributed by atoms with Crippen molar-refractivity contribution in [1.82, 2.24) is 9.61 Å². The minimum Gasteiger partial charge on any atom is -0.309 e. The Hall–Kier alpha value is -1.82. The Kier molecular flexibility index (Phi) is 1.75. The zero-order valence-corrected chi connectivity index (χ0v) is 7.31. The summed E-state index contributed by atoms with van der Waals surface area (Å²) in [5.74, 6) is 0. The first kappa shape index (κ1) is 7.81. The van der Waals surface area contributed by atoms with Gasteiger partial charge >= 0.3 is 0 Å². The molecule has 0 N–H and O–H groups in total. The zero-order valence-electron chi connectivity index (χ0n) is 7.31. The maximum Gasteiger partial charge on any atom is 0.249 e. The van der Waals surface area contributed by atoms with E-state index in [9.17, 15) is 0 Å². The van der Waals surface area contributed by atoms with E-state index in [0.29, 0.717) is 0 Å². The van der Waals surface area contributed by atoms with Crippen molar-refractivity contribution in [2.24, 2.45) is 0 Å². The van der Waals surface area contributed by atoms with Crippen LogP contribution in [0.15, 0.2) is 30.6 Å². The molecule has 0 radical (unpaired) electrons. The van der Waals surface area contributed by atoms with Gasteiger partial charge in [0.05, 0.1) is 17.3 Å². The van der Waals surface area contributed by atoms with Crippen molar-refractivity contribution in [2.45, 2.75) is 13.0 Å². The van der Waals surface area contributed by atoms with Crippen LogP contribution in [0.2, 0.25) is 0 Å². The molecule has 0 spiro atoms. The molecule has 3 heteroatoms. The lowest BCUT2D eigenvalue weighted by Crippen LogP contribution is -1.87. The molecule has 2 aromatic heterocycles. The van der Waals surface area contributed by atoms with Crippen molar-refractivity contribution < 1.29 is 0 Å². The molecule has 2 heterocycles. The van der Waals surface area contributed by atoms with Crippen LogP contribution in [0.1, 0.15) is 18.5 Å². The maximum atomic E-state index is 6.95. The fraction of sp³-hybridized carbons (Fsp3) is 0.200. The molecule has 3 nitrogen and oxygen atoms in total. The highest BCUT2D eigenvalue weighted by Gasteiger charge is 2.13. The normalized spacial score (nSPS) is 12.6. The summed E-state index contributed by atoms with van der Waals surface area (Å²) < 4.78 is 1.79. The summed E-state index contributed by atoms with van der Waals surface area (Å²) in [6, 6.07) is 5.74. The molecule has 0 saturated carbocycles. The van der Waals surface area contributed by atoms with E-state index in [0.717, 1.165) is 11.1 Å². The van der Waals surface area contributed by atoms with Crippen molar-refractivity contribution in [3.63, 3.8) is 0 Å². The predicted molar refractivity (Wildman–Crippen MR) is 50.2 cm³/mol. The lowest BCUT2D eigenvalue weighted by molar-refractivity contribution is 0.960. The van der Waals surface area contributed by atoms with Gasteiger partial charge in [-0.25, -0.2) is 11.1 Å². The molecule has 0 amide bonds. The lowest BCUT2D eigenvalue weighted by atomic mass is 10.1. The number of hydrogen-bond acceptors (Lipinski definition) is 1.